The second-order valence-electron chi connectivity index (χ2n) is 9.07. The molecule has 2 atom stereocenters. The summed E-state index contributed by atoms with van der Waals surface area (Å²) >= 11 is 5.98. The molecule has 0 aromatic heterocycles. The second-order valence-corrected chi connectivity index (χ2v) is 9.50. The molecule has 0 radical (unpaired) electrons. The number of alkyl halides is 4. The van der Waals surface area contributed by atoms with Crippen LogP contribution in [-0.2, 0) is 12.8 Å². The van der Waals surface area contributed by atoms with Crippen molar-refractivity contribution >= 4 is 23.6 Å². The number of fused-ring (bicyclic) bond motifs is 1. The first-order valence-corrected chi connectivity index (χ1v) is 12.5. The van der Waals surface area contributed by atoms with Crippen LogP contribution in [0.25, 0.3) is 6.08 Å². The van der Waals surface area contributed by atoms with Gasteiger partial charge in [0.1, 0.15) is 5.75 Å². The van der Waals surface area contributed by atoms with Gasteiger partial charge in [-0.2, -0.15) is 17.6 Å². The third-order valence-electron chi connectivity index (χ3n) is 6.31. The van der Waals surface area contributed by atoms with E-state index < -0.39 is 36.3 Å². The minimum Gasteiger partial charge on any atom is -0.428 e. The molecule has 0 spiro atoms. The zero-order valence-corrected chi connectivity index (χ0v) is 21.0. The lowest BCUT2D eigenvalue weighted by atomic mass is 9.94. The van der Waals surface area contributed by atoms with Crippen LogP contribution in [0.15, 0.2) is 72.8 Å². The Kier molecular flexibility index (Phi) is 8.74. The van der Waals surface area contributed by atoms with Crippen LogP contribution in [-0.4, -0.2) is 29.6 Å². The van der Waals surface area contributed by atoms with Crippen LogP contribution < -0.4 is 10.1 Å². The summed E-state index contributed by atoms with van der Waals surface area (Å²) in [5.41, 5.74) is 3.17. The SMILES string of the molecule is O=C(NC(Cc1cccc(OC(F)(F)C(F)F)c1)C(O)c1ccc(Cl)cc1)c1cccc2c1C=CCCC2. The van der Waals surface area contributed by atoms with Crippen molar-refractivity contribution < 1.29 is 32.2 Å². The Morgan fingerprint density at radius 2 is 1.82 bits per heavy atom. The highest BCUT2D eigenvalue weighted by molar-refractivity contribution is 6.30. The number of carbonyl (C=O) groups is 1. The van der Waals surface area contributed by atoms with Gasteiger partial charge in [0.15, 0.2) is 0 Å². The summed E-state index contributed by atoms with van der Waals surface area (Å²) in [6.45, 7) is 0. The summed E-state index contributed by atoms with van der Waals surface area (Å²) < 4.78 is 56.3. The van der Waals surface area contributed by atoms with Crippen LogP contribution in [0.5, 0.6) is 5.75 Å². The maximum atomic E-state index is 13.5. The van der Waals surface area contributed by atoms with Crippen molar-refractivity contribution in [1.29, 1.82) is 0 Å². The standard InChI is InChI=1S/C29H26ClF4NO3/c30-21-14-12-20(13-15-21)26(36)25(17-18-6-4-9-22(16-18)38-29(33,34)28(31)32)35-27(37)24-11-5-8-19-7-2-1-3-10-23(19)24/h3-6,8-16,25-26,28,36H,1-2,7,17H2,(H,35,37). The number of halogens is 5. The monoisotopic (exact) mass is 547 g/mol. The number of aryl methyl sites for hydroxylation is 1. The van der Waals surface area contributed by atoms with E-state index in [1.165, 1.54) is 12.1 Å². The van der Waals surface area contributed by atoms with E-state index in [0.717, 1.165) is 36.5 Å². The molecule has 3 aromatic carbocycles. The number of aliphatic hydroxyl groups excluding tert-OH is 1. The number of hydrogen-bond acceptors (Lipinski definition) is 3. The number of hydrogen-bond donors (Lipinski definition) is 2. The van der Waals surface area contributed by atoms with E-state index in [1.54, 1.807) is 36.4 Å². The van der Waals surface area contributed by atoms with Gasteiger partial charge in [-0.25, -0.2) is 0 Å². The van der Waals surface area contributed by atoms with Crippen LogP contribution in [0.3, 0.4) is 0 Å². The second kappa shape index (κ2) is 12.0. The van der Waals surface area contributed by atoms with Crippen molar-refractivity contribution in [3.05, 3.63) is 106 Å². The molecule has 4 rings (SSSR count). The summed E-state index contributed by atoms with van der Waals surface area (Å²) in [5.74, 6) is -0.875. The van der Waals surface area contributed by atoms with Crippen LogP contribution in [0.4, 0.5) is 17.6 Å². The Bertz CT molecular complexity index is 1300. The summed E-state index contributed by atoms with van der Waals surface area (Å²) in [5, 5.41) is 14.6. The summed E-state index contributed by atoms with van der Waals surface area (Å²) in [6.07, 6.45) is -3.22. The van der Waals surface area contributed by atoms with Crippen LogP contribution >= 0.6 is 11.6 Å². The highest BCUT2D eigenvalue weighted by atomic mass is 35.5. The number of aliphatic hydroxyl groups is 1. The van der Waals surface area contributed by atoms with Gasteiger partial charge in [0, 0.05) is 10.6 Å². The van der Waals surface area contributed by atoms with Gasteiger partial charge in [-0.15, -0.1) is 0 Å². The number of allylic oxidation sites excluding steroid dienone is 1. The van der Waals surface area contributed by atoms with Gasteiger partial charge in [0.25, 0.3) is 5.91 Å². The van der Waals surface area contributed by atoms with Gasteiger partial charge in [0.05, 0.1) is 12.1 Å². The molecule has 0 bridgehead atoms. The quantitative estimate of drug-likeness (QED) is 0.284. The predicted octanol–water partition coefficient (Wildman–Crippen LogP) is 7.00. The number of ether oxygens (including phenoxy) is 1. The molecule has 1 amide bonds. The highest BCUT2D eigenvalue weighted by Crippen LogP contribution is 2.30. The molecule has 1 aliphatic carbocycles. The lowest BCUT2D eigenvalue weighted by Gasteiger charge is -2.26. The molecule has 38 heavy (non-hydrogen) atoms. The van der Waals surface area contributed by atoms with Gasteiger partial charge in [-0.1, -0.05) is 60.2 Å². The average molecular weight is 548 g/mol. The Morgan fingerprint density at radius 1 is 1.08 bits per heavy atom. The van der Waals surface area contributed by atoms with Gasteiger partial charge in [0.2, 0.25) is 0 Å². The molecular formula is C29H26ClF4NO3. The molecule has 200 valence electrons. The van der Waals surface area contributed by atoms with Crippen molar-refractivity contribution in [2.24, 2.45) is 0 Å². The van der Waals surface area contributed by atoms with Crippen molar-refractivity contribution in [2.45, 2.75) is 50.4 Å². The van der Waals surface area contributed by atoms with Crippen molar-refractivity contribution in [1.82, 2.24) is 5.32 Å². The van der Waals surface area contributed by atoms with Crippen LogP contribution in [0, 0.1) is 0 Å². The first-order valence-electron chi connectivity index (χ1n) is 12.1. The van der Waals surface area contributed by atoms with Gasteiger partial charge < -0.3 is 15.2 Å². The van der Waals surface area contributed by atoms with E-state index in [9.17, 15) is 27.5 Å². The largest absolute Gasteiger partial charge is 0.461 e. The van der Waals surface area contributed by atoms with E-state index in [-0.39, 0.29) is 6.42 Å². The van der Waals surface area contributed by atoms with Gasteiger partial charge in [-0.3, -0.25) is 4.79 Å². The van der Waals surface area contributed by atoms with Gasteiger partial charge in [-0.05, 0) is 78.3 Å². The Morgan fingerprint density at radius 3 is 2.55 bits per heavy atom. The van der Waals surface area contributed by atoms with E-state index in [1.807, 2.05) is 24.3 Å². The van der Waals surface area contributed by atoms with E-state index in [4.69, 9.17) is 11.6 Å². The minimum absolute atomic E-state index is 0.00214. The molecule has 1 aliphatic rings. The third kappa shape index (κ3) is 6.74. The Balaban J connectivity index is 1.63. The van der Waals surface area contributed by atoms with Crippen molar-refractivity contribution in [2.75, 3.05) is 0 Å². The average Bonchev–Trinajstić information content (AvgIpc) is 3.14. The smallest absolute Gasteiger partial charge is 0.428 e. The molecule has 4 nitrogen and oxygen atoms in total. The molecule has 3 aromatic rings. The van der Waals surface area contributed by atoms with Crippen LogP contribution in [0.2, 0.25) is 5.02 Å². The number of benzene rings is 3. The van der Waals surface area contributed by atoms with E-state index in [2.05, 4.69) is 10.1 Å². The van der Waals surface area contributed by atoms with Crippen LogP contribution in [0.1, 0.15) is 51.6 Å². The first kappa shape index (κ1) is 27.7. The number of carbonyl (C=O) groups excluding carboxylic acids is 1. The molecule has 0 heterocycles. The lowest BCUT2D eigenvalue weighted by molar-refractivity contribution is -0.253. The molecule has 2 N–H and O–H groups in total. The first-order chi connectivity index (χ1) is 18.1. The van der Waals surface area contributed by atoms with Crippen molar-refractivity contribution in [3.63, 3.8) is 0 Å². The Hall–Kier alpha value is -3.36. The minimum atomic E-state index is -4.66. The van der Waals surface area contributed by atoms with Crippen molar-refractivity contribution in [3.8, 4) is 5.75 Å². The molecule has 0 fully saturated rings. The summed E-state index contributed by atoms with van der Waals surface area (Å²) in [4.78, 5) is 13.5. The van der Waals surface area contributed by atoms with Gasteiger partial charge >= 0.3 is 12.5 Å². The molecule has 0 aliphatic heterocycles. The summed E-state index contributed by atoms with van der Waals surface area (Å²) in [7, 11) is 0. The normalized spacial score (nSPS) is 14.9. The fourth-order valence-corrected chi connectivity index (χ4v) is 4.53. The fourth-order valence-electron chi connectivity index (χ4n) is 4.41. The fraction of sp³-hybridized carbons (Fsp3) is 0.276. The lowest BCUT2D eigenvalue weighted by Crippen LogP contribution is -2.41. The highest BCUT2D eigenvalue weighted by Gasteiger charge is 2.44. The molecular weight excluding hydrogens is 522 g/mol. The predicted molar refractivity (Wildman–Crippen MR) is 138 cm³/mol. The Labute approximate surface area is 222 Å². The number of amides is 1. The number of rotatable bonds is 9. The maximum absolute atomic E-state index is 13.5. The van der Waals surface area contributed by atoms with E-state index in [0.29, 0.717) is 21.7 Å². The summed E-state index contributed by atoms with van der Waals surface area (Å²) in [6, 6.07) is 16.3. The van der Waals surface area contributed by atoms with E-state index >= 15 is 0 Å². The molecule has 0 saturated carbocycles. The maximum Gasteiger partial charge on any atom is 0.461 e. The zero-order chi connectivity index (χ0) is 27.3. The molecule has 9 heteroatoms. The topological polar surface area (TPSA) is 58.6 Å². The molecule has 2 unspecified atom stereocenters. The third-order valence-corrected chi connectivity index (χ3v) is 6.57. The molecule has 0 saturated heterocycles. The number of nitrogens with one attached hydrogen (secondary N) is 1. The zero-order valence-electron chi connectivity index (χ0n) is 20.2.